The summed E-state index contributed by atoms with van der Waals surface area (Å²) in [6.07, 6.45) is 1.23. The minimum absolute atomic E-state index is 0.0446. The number of carbonyl (C=O) groups excluding carboxylic acids is 1. The molecule has 1 aliphatic heterocycles. The lowest BCUT2D eigenvalue weighted by molar-refractivity contribution is -0.135. The fraction of sp³-hybridized carbons (Fsp3) is 0.154. The van der Waals surface area contributed by atoms with E-state index in [-0.39, 0.29) is 51.7 Å². The van der Waals surface area contributed by atoms with E-state index < -0.39 is 17.3 Å². The van der Waals surface area contributed by atoms with Gasteiger partial charge in [-0.2, -0.15) is 0 Å². The summed E-state index contributed by atoms with van der Waals surface area (Å²) >= 11 is 5.96. The summed E-state index contributed by atoms with van der Waals surface area (Å²) in [6, 6.07) is 11.0. The summed E-state index contributed by atoms with van der Waals surface area (Å²) in [5, 5.41) is 21.5. The second kappa shape index (κ2) is 8.56. The SMILES string of the molecule is COc1cc([C@@H]2CC(=O)Oc3cc(O)c4c(=O)c(-c5ccc(Cl)cc5)coc4c32)cc(OC)c1O. The molecule has 8 nitrogen and oxygen atoms in total. The van der Waals surface area contributed by atoms with Gasteiger partial charge in [-0.1, -0.05) is 23.7 Å². The summed E-state index contributed by atoms with van der Waals surface area (Å²) in [7, 11) is 2.79. The Morgan fingerprint density at radius 2 is 1.66 bits per heavy atom. The molecular formula is C26H19ClO8. The molecule has 0 saturated carbocycles. The molecule has 0 amide bonds. The second-order valence-electron chi connectivity index (χ2n) is 8.00. The zero-order chi connectivity index (χ0) is 24.9. The number of phenolic OH excluding ortho intramolecular Hbond substituents is 2. The topological polar surface area (TPSA) is 115 Å². The number of carbonyl (C=O) groups is 1. The molecule has 0 unspecified atom stereocenters. The van der Waals surface area contributed by atoms with Crippen LogP contribution >= 0.6 is 11.6 Å². The molecule has 2 N–H and O–H groups in total. The predicted molar refractivity (Wildman–Crippen MR) is 128 cm³/mol. The third-order valence-electron chi connectivity index (χ3n) is 6.03. The molecule has 178 valence electrons. The Morgan fingerprint density at radius 3 is 2.29 bits per heavy atom. The summed E-state index contributed by atoms with van der Waals surface area (Å²) < 4.78 is 21.8. The number of halogens is 1. The lowest BCUT2D eigenvalue weighted by atomic mass is 9.84. The zero-order valence-corrected chi connectivity index (χ0v) is 19.4. The van der Waals surface area contributed by atoms with Crippen LogP contribution in [0.1, 0.15) is 23.5 Å². The minimum Gasteiger partial charge on any atom is -0.507 e. The van der Waals surface area contributed by atoms with Crippen LogP contribution in [0.5, 0.6) is 28.7 Å². The van der Waals surface area contributed by atoms with E-state index in [1.54, 1.807) is 36.4 Å². The van der Waals surface area contributed by atoms with Crippen LogP contribution in [0, 0.1) is 0 Å². The number of rotatable bonds is 4. The molecule has 0 radical (unpaired) electrons. The van der Waals surface area contributed by atoms with E-state index in [2.05, 4.69) is 0 Å². The van der Waals surface area contributed by atoms with Gasteiger partial charge in [0.15, 0.2) is 11.5 Å². The number of benzene rings is 3. The van der Waals surface area contributed by atoms with Gasteiger partial charge >= 0.3 is 5.97 Å². The number of hydrogen-bond acceptors (Lipinski definition) is 8. The molecule has 0 spiro atoms. The van der Waals surface area contributed by atoms with Gasteiger partial charge in [0.1, 0.15) is 28.7 Å². The number of methoxy groups -OCH3 is 2. The van der Waals surface area contributed by atoms with Crippen molar-refractivity contribution in [2.75, 3.05) is 14.2 Å². The van der Waals surface area contributed by atoms with E-state index in [9.17, 15) is 19.8 Å². The Morgan fingerprint density at radius 1 is 1.00 bits per heavy atom. The lowest BCUT2D eigenvalue weighted by Crippen LogP contribution is -2.22. The van der Waals surface area contributed by atoms with Crippen LogP contribution in [0.15, 0.2) is 57.9 Å². The molecule has 4 aromatic rings. The molecule has 35 heavy (non-hydrogen) atoms. The number of hydrogen-bond donors (Lipinski definition) is 2. The van der Waals surface area contributed by atoms with Crippen LogP contribution in [0.4, 0.5) is 0 Å². The van der Waals surface area contributed by atoms with E-state index in [1.807, 2.05) is 0 Å². The third-order valence-corrected chi connectivity index (χ3v) is 6.28. The van der Waals surface area contributed by atoms with Crippen molar-refractivity contribution >= 4 is 28.5 Å². The van der Waals surface area contributed by atoms with Crippen molar-refractivity contribution in [3.8, 4) is 39.9 Å². The van der Waals surface area contributed by atoms with E-state index in [0.717, 1.165) is 0 Å². The highest BCUT2D eigenvalue weighted by molar-refractivity contribution is 6.30. The zero-order valence-electron chi connectivity index (χ0n) is 18.6. The summed E-state index contributed by atoms with van der Waals surface area (Å²) in [5.41, 5.74) is 1.41. The number of esters is 1. The first-order valence-electron chi connectivity index (χ1n) is 10.5. The van der Waals surface area contributed by atoms with Gasteiger partial charge in [0.2, 0.25) is 11.2 Å². The largest absolute Gasteiger partial charge is 0.507 e. The average Bonchev–Trinajstić information content (AvgIpc) is 2.84. The highest BCUT2D eigenvalue weighted by Crippen LogP contribution is 2.48. The van der Waals surface area contributed by atoms with Crippen molar-refractivity contribution in [3.05, 3.63) is 75.1 Å². The number of fused-ring (bicyclic) bond motifs is 3. The molecule has 1 aromatic heterocycles. The maximum absolute atomic E-state index is 13.4. The number of aromatic hydroxyl groups is 2. The van der Waals surface area contributed by atoms with Crippen LogP contribution in [-0.4, -0.2) is 30.4 Å². The summed E-state index contributed by atoms with van der Waals surface area (Å²) in [4.78, 5) is 25.9. The van der Waals surface area contributed by atoms with Gasteiger partial charge < -0.3 is 28.8 Å². The highest BCUT2D eigenvalue weighted by atomic mass is 35.5. The molecule has 3 aromatic carbocycles. The molecule has 0 aliphatic carbocycles. The maximum atomic E-state index is 13.4. The van der Waals surface area contributed by atoms with Crippen molar-refractivity contribution in [3.63, 3.8) is 0 Å². The van der Waals surface area contributed by atoms with E-state index in [4.69, 9.17) is 30.2 Å². The van der Waals surface area contributed by atoms with Crippen LogP contribution in [0.25, 0.3) is 22.1 Å². The first kappa shape index (κ1) is 22.6. The fourth-order valence-corrected chi connectivity index (χ4v) is 4.49. The van der Waals surface area contributed by atoms with Gasteiger partial charge in [-0.3, -0.25) is 9.59 Å². The molecule has 0 bridgehead atoms. The van der Waals surface area contributed by atoms with Crippen molar-refractivity contribution < 1.29 is 33.6 Å². The Balaban J connectivity index is 1.77. The molecule has 0 saturated heterocycles. The number of ether oxygens (including phenoxy) is 3. The molecular weight excluding hydrogens is 476 g/mol. The Bertz CT molecular complexity index is 1510. The molecule has 9 heteroatoms. The first-order chi connectivity index (χ1) is 16.8. The van der Waals surface area contributed by atoms with Crippen LogP contribution in [0.2, 0.25) is 5.02 Å². The first-order valence-corrected chi connectivity index (χ1v) is 10.9. The smallest absolute Gasteiger partial charge is 0.312 e. The predicted octanol–water partition coefficient (Wildman–Crippen LogP) is 4.98. The Labute approximate surface area is 203 Å². The van der Waals surface area contributed by atoms with Crippen molar-refractivity contribution in [2.45, 2.75) is 12.3 Å². The van der Waals surface area contributed by atoms with Crippen molar-refractivity contribution in [1.29, 1.82) is 0 Å². The van der Waals surface area contributed by atoms with Crippen molar-refractivity contribution in [2.24, 2.45) is 0 Å². The van der Waals surface area contributed by atoms with E-state index in [1.165, 1.54) is 26.5 Å². The summed E-state index contributed by atoms with van der Waals surface area (Å²) in [5.74, 6) is -1.37. The molecule has 1 atom stereocenters. The number of phenols is 2. The van der Waals surface area contributed by atoms with Gasteiger partial charge in [0, 0.05) is 22.6 Å². The maximum Gasteiger partial charge on any atom is 0.312 e. The monoisotopic (exact) mass is 494 g/mol. The van der Waals surface area contributed by atoms with Gasteiger partial charge in [-0.15, -0.1) is 0 Å². The van der Waals surface area contributed by atoms with Crippen LogP contribution in [0.3, 0.4) is 0 Å². The van der Waals surface area contributed by atoms with Gasteiger partial charge in [-0.05, 0) is 35.4 Å². The van der Waals surface area contributed by atoms with Gasteiger partial charge in [-0.25, -0.2) is 0 Å². The third kappa shape index (κ3) is 3.72. The molecule has 0 fully saturated rings. The van der Waals surface area contributed by atoms with E-state index >= 15 is 0 Å². The van der Waals surface area contributed by atoms with E-state index in [0.29, 0.717) is 21.7 Å². The quantitative estimate of drug-likeness (QED) is 0.301. The van der Waals surface area contributed by atoms with Gasteiger partial charge in [0.05, 0.1) is 26.2 Å². The van der Waals surface area contributed by atoms with Crippen molar-refractivity contribution in [1.82, 2.24) is 0 Å². The normalized spacial score (nSPS) is 14.9. The Hall–Kier alpha value is -4.17. The van der Waals surface area contributed by atoms with Gasteiger partial charge in [0.25, 0.3) is 0 Å². The lowest BCUT2D eigenvalue weighted by Gasteiger charge is -2.26. The standard InChI is InChI=1S/C26H19ClO8/c1-32-19-7-13(8-20(33-2)25(19)31)15-9-21(29)35-18-10-17(28)23-24(30)16(11-34-26(23)22(15)18)12-3-5-14(27)6-4-12/h3-8,10-11,15,28,31H,9H2,1-2H3/t15-/m0/s1. The Kier molecular flexibility index (Phi) is 5.53. The fourth-order valence-electron chi connectivity index (χ4n) is 4.36. The van der Waals surface area contributed by atoms with Crippen LogP contribution < -0.4 is 19.6 Å². The summed E-state index contributed by atoms with van der Waals surface area (Å²) in [6.45, 7) is 0. The molecule has 2 heterocycles. The molecule has 1 aliphatic rings. The second-order valence-corrected chi connectivity index (χ2v) is 8.44. The highest BCUT2D eigenvalue weighted by Gasteiger charge is 2.34. The van der Waals surface area contributed by atoms with Crippen LogP contribution in [-0.2, 0) is 4.79 Å². The average molecular weight is 495 g/mol. The minimum atomic E-state index is -0.637. The molecule has 5 rings (SSSR count).